The second-order valence-corrected chi connectivity index (χ2v) is 6.00. The molecule has 3 nitrogen and oxygen atoms in total. The monoisotopic (exact) mass is 261 g/mol. The number of carbonyl (C=O) groups excluding carboxylic acids is 2. The zero-order chi connectivity index (χ0) is 14.5. The number of ketones is 1. The van der Waals surface area contributed by atoms with Crippen molar-refractivity contribution >= 4 is 11.7 Å². The first-order valence-corrected chi connectivity index (χ1v) is 6.62. The highest BCUT2D eigenvalue weighted by Gasteiger charge is 2.30. The molecule has 1 rings (SSSR count). The predicted molar refractivity (Wildman–Crippen MR) is 76.5 cm³/mol. The van der Waals surface area contributed by atoms with E-state index in [0.29, 0.717) is 6.54 Å². The summed E-state index contributed by atoms with van der Waals surface area (Å²) in [5.41, 5.74) is 0.876. The third kappa shape index (κ3) is 5.25. The van der Waals surface area contributed by atoms with Crippen LogP contribution in [-0.2, 0) is 16.1 Å². The first-order chi connectivity index (χ1) is 8.80. The Balaban J connectivity index is 2.52. The largest absolute Gasteiger partial charge is 0.352 e. The minimum Gasteiger partial charge on any atom is -0.352 e. The fraction of sp³-hybridized carbons (Fsp3) is 0.500. The Morgan fingerprint density at radius 3 is 2.21 bits per heavy atom. The highest BCUT2D eigenvalue weighted by atomic mass is 16.2. The van der Waals surface area contributed by atoms with Crippen molar-refractivity contribution in [2.75, 3.05) is 0 Å². The van der Waals surface area contributed by atoms with Gasteiger partial charge in [0.1, 0.15) is 5.78 Å². The molecule has 0 aliphatic carbocycles. The summed E-state index contributed by atoms with van der Waals surface area (Å²) in [6, 6.07) is 9.75. The molecule has 3 heteroatoms. The van der Waals surface area contributed by atoms with Gasteiger partial charge in [-0.25, -0.2) is 0 Å². The summed E-state index contributed by atoms with van der Waals surface area (Å²) in [5, 5.41) is 2.87. The Labute approximate surface area is 115 Å². The van der Waals surface area contributed by atoms with Crippen LogP contribution in [0.4, 0.5) is 0 Å². The number of hydrogen-bond donors (Lipinski definition) is 1. The quantitative estimate of drug-likeness (QED) is 0.885. The maximum absolute atomic E-state index is 11.9. The Morgan fingerprint density at radius 1 is 1.16 bits per heavy atom. The number of nitrogens with one attached hydrogen (secondary N) is 1. The van der Waals surface area contributed by atoms with Crippen molar-refractivity contribution in [3.05, 3.63) is 35.9 Å². The van der Waals surface area contributed by atoms with Gasteiger partial charge in [-0.15, -0.1) is 0 Å². The lowest BCUT2D eigenvalue weighted by Crippen LogP contribution is -2.33. The third-order valence-electron chi connectivity index (χ3n) is 3.26. The zero-order valence-electron chi connectivity index (χ0n) is 12.2. The standard InChI is InChI=1S/C16H23NO2/c1-12(18)14(16(2,3)4)10-15(19)17-11-13-8-6-5-7-9-13/h5-9,14H,10-11H2,1-4H3,(H,17,19). The summed E-state index contributed by atoms with van der Waals surface area (Å²) >= 11 is 0. The first-order valence-electron chi connectivity index (χ1n) is 6.62. The number of hydrogen-bond acceptors (Lipinski definition) is 2. The van der Waals surface area contributed by atoms with Gasteiger partial charge < -0.3 is 5.32 Å². The maximum Gasteiger partial charge on any atom is 0.221 e. The van der Waals surface area contributed by atoms with Gasteiger partial charge in [-0.1, -0.05) is 51.1 Å². The molecule has 0 aromatic heterocycles. The first kappa shape index (κ1) is 15.4. The van der Waals surface area contributed by atoms with E-state index in [1.807, 2.05) is 51.1 Å². The molecule has 0 heterocycles. The summed E-state index contributed by atoms with van der Waals surface area (Å²) < 4.78 is 0. The molecule has 0 radical (unpaired) electrons. The number of carbonyl (C=O) groups is 2. The van der Waals surface area contributed by atoms with E-state index in [4.69, 9.17) is 0 Å². The van der Waals surface area contributed by atoms with Crippen LogP contribution in [0.25, 0.3) is 0 Å². The summed E-state index contributed by atoms with van der Waals surface area (Å²) in [7, 11) is 0. The number of benzene rings is 1. The van der Waals surface area contributed by atoms with Crippen molar-refractivity contribution in [2.45, 2.75) is 40.7 Å². The van der Waals surface area contributed by atoms with Crippen LogP contribution in [0.2, 0.25) is 0 Å². The predicted octanol–water partition coefficient (Wildman–Crippen LogP) is 2.94. The van der Waals surface area contributed by atoms with Gasteiger partial charge in [-0.3, -0.25) is 9.59 Å². The van der Waals surface area contributed by atoms with E-state index in [2.05, 4.69) is 5.32 Å². The van der Waals surface area contributed by atoms with Crippen LogP contribution < -0.4 is 5.32 Å². The van der Waals surface area contributed by atoms with Crippen molar-refractivity contribution in [1.29, 1.82) is 0 Å². The molecule has 0 aliphatic rings. The van der Waals surface area contributed by atoms with Crippen LogP contribution in [0.15, 0.2) is 30.3 Å². The topological polar surface area (TPSA) is 46.2 Å². The van der Waals surface area contributed by atoms with Crippen LogP contribution in [0.5, 0.6) is 0 Å². The van der Waals surface area contributed by atoms with E-state index in [1.165, 1.54) is 0 Å². The molecule has 1 aromatic rings. The van der Waals surface area contributed by atoms with E-state index < -0.39 is 0 Å². The van der Waals surface area contributed by atoms with Gasteiger partial charge >= 0.3 is 0 Å². The van der Waals surface area contributed by atoms with E-state index >= 15 is 0 Å². The maximum atomic E-state index is 11.9. The van der Waals surface area contributed by atoms with Crippen molar-refractivity contribution in [1.82, 2.24) is 5.32 Å². The summed E-state index contributed by atoms with van der Waals surface area (Å²) in [5.74, 6) is -0.232. The van der Waals surface area contributed by atoms with Gasteiger partial charge in [0.25, 0.3) is 0 Å². The van der Waals surface area contributed by atoms with E-state index in [-0.39, 0.29) is 29.4 Å². The third-order valence-corrected chi connectivity index (χ3v) is 3.26. The van der Waals surface area contributed by atoms with E-state index in [0.717, 1.165) is 5.56 Å². The van der Waals surface area contributed by atoms with Crippen LogP contribution in [0, 0.1) is 11.3 Å². The molecule has 19 heavy (non-hydrogen) atoms. The van der Waals surface area contributed by atoms with Gasteiger partial charge in [0.2, 0.25) is 5.91 Å². The molecule has 1 aromatic carbocycles. The summed E-state index contributed by atoms with van der Waals surface area (Å²) in [6.07, 6.45) is 0.256. The molecule has 0 fully saturated rings. The number of rotatable bonds is 5. The summed E-state index contributed by atoms with van der Waals surface area (Å²) in [4.78, 5) is 23.5. The average Bonchev–Trinajstić information content (AvgIpc) is 2.33. The van der Waals surface area contributed by atoms with Gasteiger partial charge in [-0.2, -0.15) is 0 Å². The molecular weight excluding hydrogens is 238 g/mol. The minimum atomic E-state index is -0.233. The lowest BCUT2D eigenvalue weighted by molar-refractivity contribution is -0.131. The highest BCUT2D eigenvalue weighted by Crippen LogP contribution is 2.29. The molecule has 0 aliphatic heterocycles. The fourth-order valence-corrected chi connectivity index (χ4v) is 2.11. The van der Waals surface area contributed by atoms with Crippen LogP contribution in [0.3, 0.4) is 0 Å². The molecule has 1 unspecified atom stereocenters. The van der Waals surface area contributed by atoms with Gasteiger partial charge in [0.15, 0.2) is 0 Å². The van der Waals surface area contributed by atoms with E-state index in [1.54, 1.807) is 6.92 Å². The summed E-state index contributed by atoms with van der Waals surface area (Å²) in [6.45, 7) is 8.03. The van der Waals surface area contributed by atoms with Gasteiger partial charge in [-0.05, 0) is 17.9 Å². The Hall–Kier alpha value is -1.64. The molecule has 1 N–H and O–H groups in total. The molecular formula is C16H23NO2. The second-order valence-electron chi connectivity index (χ2n) is 6.00. The zero-order valence-corrected chi connectivity index (χ0v) is 12.2. The Kier molecular flexibility index (Phi) is 5.28. The van der Waals surface area contributed by atoms with Crippen molar-refractivity contribution in [3.63, 3.8) is 0 Å². The second kappa shape index (κ2) is 6.50. The minimum absolute atomic E-state index is 0.0704. The van der Waals surface area contributed by atoms with Gasteiger partial charge in [0.05, 0.1) is 0 Å². The van der Waals surface area contributed by atoms with Crippen LogP contribution in [0.1, 0.15) is 39.7 Å². The molecule has 1 atom stereocenters. The fourth-order valence-electron chi connectivity index (χ4n) is 2.11. The van der Waals surface area contributed by atoms with Crippen LogP contribution >= 0.6 is 0 Å². The number of amides is 1. The van der Waals surface area contributed by atoms with Crippen LogP contribution in [-0.4, -0.2) is 11.7 Å². The highest BCUT2D eigenvalue weighted by molar-refractivity contribution is 5.86. The molecule has 104 valence electrons. The SMILES string of the molecule is CC(=O)C(CC(=O)NCc1ccccc1)C(C)(C)C. The smallest absolute Gasteiger partial charge is 0.221 e. The Morgan fingerprint density at radius 2 is 1.74 bits per heavy atom. The molecule has 0 spiro atoms. The molecule has 0 saturated carbocycles. The normalized spacial score (nSPS) is 12.8. The molecule has 0 saturated heterocycles. The van der Waals surface area contributed by atoms with Crippen molar-refractivity contribution < 1.29 is 9.59 Å². The van der Waals surface area contributed by atoms with Gasteiger partial charge in [0, 0.05) is 18.9 Å². The average molecular weight is 261 g/mol. The lowest BCUT2D eigenvalue weighted by atomic mass is 9.76. The van der Waals surface area contributed by atoms with Crippen molar-refractivity contribution in [3.8, 4) is 0 Å². The Bertz CT molecular complexity index is 432. The molecule has 0 bridgehead atoms. The molecule has 1 amide bonds. The lowest BCUT2D eigenvalue weighted by Gasteiger charge is -2.28. The number of Topliss-reactive ketones (excluding diaryl/α,β-unsaturated/α-hetero) is 1. The van der Waals surface area contributed by atoms with Crippen molar-refractivity contribution in [2.24, 2.45) is 11.3 Å². The van der Waals surface area contributed by atoms with E-state index in [9.17, 15) is 9.59 Å².